The third-order valence-corrected chi connectivity index (χ3v) is 6.24. The zero-order chi connectivity index (χ0) is 20.8. The summed E-state index contributed by atoms with van der Waals surface area (Å²) in [7, 11) is 3.02. The summed E-state index contributed by atoms with van der Waals surface area (Å²) in [4.78, 5) is 26.9. The minimum Gasteiger partial charge on any atom is -0.465 e. The molecule has 1 aromatic carbocycles. The molecule has 1 aliphatic heterocycles. The molecular weight excluding hydrogens is 392 g/mol. The molecule has 0 bridgehead atoms. The molecule has 1 N–H and O–H groups in total. The van der Waals surface area contributed by atoms with Crippen molar-refractivity contribution in [2.75, 3.05) is 32.2 Å². The summed E-state index contributed by atoms with van der Waals surface area (Å²) in [5.41, 5.74) is 1.84. The van der Waals surface area contributed by atoms with Crippen LogP contribution in [0.25, 0.3) is 0 Å². The van der Waals surface area contributed by atoms with Crippen molar-refractivity contribution in [3.8, 4) is 0 Å². The quantitative estimate of drug-likeness (QED) is 0.725. The second-order valence-electron chi connectivity index (χ2n) is 6.91. The van der Waals surface area contributed by atoms with Crippen molar-refractivity contribution in [1.29, 1.82) is 0 Å². The fraction of sp³-hybridized carbons (Fsp3) is 0.429. The lowest BCUT2D eigenvalue weighted by Crippen LogP contribution is -2.54. The van der Waals surface area contributed by atoms with Gasteiger partial charge < -0.3 is 24.4 Å². The molecule has 1 aliphatic rings. The van der Waals surface area contributed by atoms with E-state index in [1.165, 1.54) is 18.4 Å². The van der Waals surface area contributed by atoms with Gasteiger partial charge in [0.25, 0.3) is 0 Å². The maximum Gasteiger partial charge on any atom is 0.407 e. The number of alkyl carbamates (subject to hydrolysis) is 1. The fourth-order valence-corrected chi connectivity index (χ4v) is 4.48. The van der Waals surface area contributed by atoms with Gasteiger partial charge in [-0.15, -0.1) is 11.3 Å². The molecule has 0 saturated carbocycles. The first-order valence-electron chi connectivity index (χ1n) is 9.45. The Morgan fingerprint density at radius 1 is 1.24 bits per heavy atom. The van der Waals surface area contributed by atoms with E-state index in [0.29, 0.717) is 17.8 Å². The molecule has 1 saturated heterocycles. The fourth-order valence-electron chi connectivity index (χ4n) is 3.35. The highest BCUT2D eigenvalue weighted by Gasteiger charge is 2.32. The summed E-state index contributed by atoms with van der Waals surface area (Å²) in [5.74, 6) is -0.320. The van der Waals surface area contributed by atoms with Crippen molar-refractivity contribution in [2.45, 2.75) is 32.1 Å². The lowest BCUT2D eigenvalue weighted by molar-refractivity contribution is 0.0547. The van der Waals surface area contributed by atoms with Crippen molar-refractivity contribution in [3.63, 3.8) is 0 Å². The maximum atomic E-state index is 12.2. The smallest absolute Gasteiger partial charge is 0.407 e. The number of methoxy groups -OCH3 is 2. The number of aryl methyl sites for hydroxylation is 1. The number of ether oxygens (including phenoxy) is 3. The van der Waals surface area contributed by atoms with E-state index >= 15 is 0 Å². The molecule has 156 valence electrons. The van der Waals surface area contributed by atoms with Crippen molar-refractivity contribution < 1.29 is 23.8 Å². The van der Waals surface area contributed by atoms with Crippen LogP contribution in [0.5, 0.6) is 0 Å². The van der Waals surface area contributed by atoms with Crippen LogP contribution in [0.2, 0.25) is 0 Å². The first kappa shape index (κ1) is 21.1. The van der Waals surface area contributed by atoms with Crippen molar-refractivity contribution in [3.05, 3.63) is 52.4 Å². The molecule has 29 heavy (non-hydrogen) atoms. The largest absolute Gasteiger partial charge is 0.465 e. The van der Waals surface area contributed by atoms with Gasteiger partial charge in [-0.1, -0.05) is 30.3 Å². The number of esters is 1. The Balaban J connectivity index is 1.56. The number of amides is 1. The van der Waals surface area contributed by atoms with Crippen LogP contribution < -0.4 is 10.2 Å². The van der Waals surface area contributed by atoms with Gasteiger partial charge in [-0.05, 0) is 30.5 Å². The molecule has 0 radical (unpaired) electrons. The van der Waals surface area contributed by atoms with E-state index in [2.05, 4.69) is 10.2 Å². The molecule has 1 fully saturated rings. The molecule has 0 spiro atoms. The standard InChI is InChI=1S/C21H26N2O5S/c1-14-11-18(29-19(14)20(24)27-3)23-10-9-16(17(12-23)26-2)22-21(25)28-13-15-7-5-4-6-8-15/h4-8,11,16-17H,9-10,12-13H2,1-3H3,(H,22,25). The number of carbonyl (C=O) groups is 2. The number of hydrogen-bond donors (Lipinski definition) is 1. The third kappa shape index (κ3) is 5.27. The Hall–Kier alpha value is -2.58. The van der Waals surface area contributed by atoms with Crippen LogP contribution in [-0.4, -0.2) is 51.5 Å². The van der Waals surface area contributed by atoms with Gasteiger partial charge in [0.1, 0.15) is 11.5 Å². The lowest BCUT2D eigenvalue weighted by atomic mass is 10.0. The Kier molecular flexibility index (Phi) is 7.11. The molecule has 0 aliphatic carbocycles. The first-order valence-corrected chi connectivity index (χ1v) is 10.3. The third-order valence-electron chi connectivity index (χ3n) is 4.97. The van der Waals surface area contributed by atoms with Gasteiger partial charge in [-0.2, -0.15) is 0 Å². The minimum atomic E-state index is -0.450. The Morgan fingerprint density at radius 2 is 2.00 bits per heavy atom. The van der Waals surface area contributed by atoms with Crippen LogP contribution in [0, 0.1) is 6.92 Å². The SMILES string of the molecule is COC(=O)c1sc(N2CCC(NC(=O)OCc3ccccc3)C(OC)C2)cc1C. The van der Waals surface area contributed by atoms with Crippen LogP contribution in [0.4, 0.5) is 9.80 Å². The van der Waals surface area contributed by atoms with E-state index < -0.39 is 6.09 Å². The highest BCUT2D eigenvalue weighted by atomic mass is 32.1. The average molecular weight is 419 g/mol. The van der Waals surface area contributed by atoms with E-state index in [0.717, 1.165) is 22.7 Å². The summed E-state index contributed by atoms with van der Waals surface area (Å²) < 4.78 is 15.8. The summed E-state index contributed by atoms with van der Waals surface area (Å²) in [6, 6.07) is 11.4. The van der Waals surface area contributed by atoms with Crippen molar-refractivity contribution >= 4 is 28.4 Å². The number of nitrogens with zero attached hydrogens (tertiary/aromatic N) is 1. The van der Waals surface area contributed by atoms with Crippen molar-refractivity contribution in [1.82, 2.24) is 5.32 Å². The van der Waals surface area contributed by atoms with Gasteiger partial charge >= 0.3 is 12.1 Å². The zero-order valence-electron chi connectivity index (χ0n) is 16.8. The minimum absolute atomic E-state index is 0.138. The Labute approximate surface area is 174 Å². The van der Waals surface area contributed by atoms with E-state index in [1.807, 2.05) is 43.3 Å². The molecule has 2 aromatic rings. The van der Waals surface area contributed by atoms with Crippen LogP contribution >= 0.6 is 11.3 Å². The van der Waals surface area contributed by atoms with Gasteiger partial charge in [0, 0.05) is 20.2 Å². The highest BCUT2D eigenvalue weighted by Crippen LogP contribution is 2.32. The molecule has 8 heteroatoms. The second-order valence-corrected chi connectivity index (χ2v) is 7.94. The van der Waals surface area contributed by atoms with E-state index in [-0.39, 0.29) is 24.7 Å². The summed E-state index contributed by atoms with van der Waals surface area (Å²) in [5, 5.41) is 3.92. The number of rotatable bonds is 6. The van der Waals surface area contributed by atoms with E-state index in [1.54, 1.807) is 7.11 Å². The predicted octanol–water partition coefficient (Wildman–Crippen LogP) is 3.36. The monoisotopic (exact) mass is 418 g/mol. The number of anilines is 1. The van der Waals surface area contributed by atoms with Crippen LogP contribution in [0.15, 0.2) is 36.4 Å². The number of benzene rings is 1. The number of nitrogens with one attached hydrogen (secondary N) is 1. The van der Waals surface area contributed by atoms with Gasteiger partial charge in [0.2, 0.25) is 0 Å². The predicted molar refractivity (Wildman–Crippen MR) is 112 cm³/mol. The second kappa shape index (κ2) is 9.76. The number of carbonyl (C=O) groups excluding carboxylic acids is 2. The topological polar surface area (TPSA) is 77.1 Å². The summed E-state index contributed by atoms with van der Waals surface area (Å²) in [6.45, 7) is 3.48. The van der Waals surface area contributed by atoms with Crippen LogP contribution in [0.1, 0.15) is 27.2 Å². The first-order chi connectivity index (χ1) is 14.0. The average Bonchev–Trinajstić information content (AvgIpc) is 3.14. The Bertz CT molecular complexity index is 839. The molecular formula is C21H26N2O5S. The molecule has 1 aromatic heterocycles. The molecule has 1 amide bonds. The molecule has 2 heterocycles. The highest BCUT2D eigenvalue weighted by molar-refractivity contribution is 7.18. The van der Waals surface area contributed by atoms with Gasteiger partial charge in [0.15, 0.2) is 0 Å². The van der Waals surface area contributed by atoms with Crippen LogP contribution in [0.3, 0.4) is 0 Å². The molecule has 2 unspecified atom stereocenters. The lowest BCUT2D eigenvalue weighted by Gasteiger charge is -2.38. The van der Waals surface area contributed by atoms with Gasteiger partial charge in [-0.3, -0.25) is 0 Å². The molecule has 3 rings (SSSR count). The molecule has 7 nitrogen and oxygen atoms in total. The zero-order valence-corrected chi connectivity index (χ0v) is 17.7. The normalized spacial score (nSPS) is 18.9. The number of hydrogen-bond acceptors (Lipinski definition) is 7. The van der Waals surface area contributed by atoms with E-state index in [4.69, 9.17) is 14.2 Å². The molecule has 2 atom stereocenters. The van der Waals surface area contributed by atoms with E-state index in [9.17, 15) is 9.59 Å². The number of piperidine rings is 1. The van der Waals surface area contributed by atoms with Crippen molar-refractivity contribution in [2.24, 2.45) is 0 Å². The summed E-state index contributed by atoms with van der Waals surface area (Å²) >= 11 is 1.42. The number of thiophene rings is 1. The Morgan fingerprint density at radius 3 is 2.69 bits per heavy atom. The maximum absolute atomic E-state index is 12.2. The van der Waals surface area contributed by atoms with Gasteiger partial charge in [-0.25, -0.2) is 9.59 Å². The summed E-state index contributed by atoms with van der Waals surface area (Å²) in [6.07, 6.45) is 0.0787. The van der Waals surface area contributed by atoms with Crippen LogP contribution in [-0.2, 0) is 20.8 Å². The van der Waals surface area contributed by atoms with Gasteiger partial charge in [0.05, 0.1) is 24.3 Å².